The second kappa shape index (κ2) is 6.55. The van der Waals surface area contributed by atoms with Crippen LogP contribution < -0.4 is 4.72 Å². The maximum atomic E-state index is 13.3. The molecule has 1 heterocycles. The molecule has 0 atom stereocenters. The van der Waals surface area contributed by atoms with Gasteiger partial charge in [-0.1, -0.05) is 29.8 Å². The average molecular weight is 380 g/mol. The number of rotatable bonds is 4. The molecule has 4 rings (SSSR count). The molecule has 0 aliphatic rings. The Kier molecular flexibility index (Phi) is 4.20. The lowest BCUT2D eigenvalue weighted by Crippen LogP contribution is -2.12. The summed E-state index contributed by atoms with van der Waals surface area (Å²) in [7, 11) is -3.63. The van der Waals surface area contributed by atoms with Crippen molar-refractivity contribution in [2.24, 2.45) is 0 Å². The molecule has 27 heavy (non-hydrogen) atoms. The largest absolute Gasteiger partial charge is 0.355 e. The van der Waals surface area contributed by atoms with E-state index in [1.165, 1.54) is 12.1 Å². The van der Waals surface area contributed by atoms with E-state index in [-0.39, 0.29) is 10.7 Å². The van der Waals surface area contributed by atoms with Gasteiger partial charge in [0.2, 0.25) is 0 Å². The summed E-state index contributed by atoms with van der Waals surface area (Å²) in [6.45, 7) is 1.90. The second-order valence-electron chi connectivity index (χ2n) is 6.41. The number of nitrogens with one attached hydrogen (secondary N) is 2. The molecular formula is C21H17FN2O2S. The number of hydrogen-bond donors (Lipinski definition) is 2. The molecule has 0 saturated heterocycles. The maximum absolute atomic E-state index is 13.3. The summed E-state index contributed by atoms with van der Waals surface area (Å²) < 4.78 is 40.8. The molecule has 0 radical (unpaired) electrons. The summed E-state index contributed by atoms with van der Waals surface area (Å²) in [4.78, 5) is 3.45. The van der Waals surface area contributed by atoms with Crippen molar-refractivity contribution in [2.75, 3.05) is 4.72 Å². The third kappa shape index (κ3) is 3.57. The third-order valence-corrected chi connectivity index (χ3v) is 5.76. The van der Waals surface area contributed by atoms with Gasteiger partial charge in [-0.05, 0) is 61.0 Å². The van der Waals surface area contributed by atoms with Gasteiger partial charge in [0.1, 0.15) is 5.82 Å². The number of benzene rings is 3. The van der Waals surface area contributed by atoms with Gasteiger partial charge in [0, 0.05) is 22.3 Å². The van der Waals surface area contributed by atoms with Crippen LogP contribution in [0.3, 0.4) is 0 Å². The lowest BCUT2D eigenvalue weighted by Gasteiger charge is -2.09. The monoisotopic (exact) mass is 380 g/mol. The minimum atomic E-state index is -3.63. The van der Waals surface area contributed by atoms with E-state index >= 15 is 0 Å². The Labute approximate surface area is 156 Å². The summed E-state index contributed by atoms with van der Waals surface area (Å²) in [6, 6.07) is 20.1. The van der Waals surface area contributed by atoms with Gasteiger partial charge < -0.3 is 4.98 Å². The Morgan fingerprint density at radius 2 is 1.59 bits per heavy atom. The van der Waals surface area contributed by atoms with Crippen LogP contribution in [0.2, 0.25) is 0 Å². The molecule has 0 unspecified atom stereocenters. The molecular weight excluding hydrogens is 363 g/mol. The van der Waals surface area contributed by atoms with Crippen molar-refractivity contribution < 1.29 is 12.8 Å². The Morgan fingerprint density at radius 1 is 0.889 bits per heavy atom. The summed E-state index contributed by atoms with van der Waals surface area (Å²) in [5.41, 5.74) is 4.03. The van der Waals surface area contributed by atoms with Gasteiger partial charge >= 0.3 is 0 Å². The standard InChI is InChI=1S/C21H17FN2O2S/c1-14-2-9-19(10-3-14)27(25,26)24-18-7-4-15(5-8-18)21-13-16-12-17(22)6-11-20(16)23-21/h2-13,23-24H,1H3. The molecule has 0 aliphatic heterocycles. The van der Waals surface area contributed by atoms with Crippen LogP contribution in [0.1, 0.15) is 5.56 Å². The second-order valence-corrected chi connectivity index (χ2v) is 8.09. The van der Waals surface area contributed by atoms with Gasteiger partial charge in [-0.2, -0.15) is 0 Å². The van der Waals surface area contributed by atoms with Gasteiger partial charge in [0.25, 0.3) is 10.0 Å². The van der Waals surface area contributed by atoms with E-state index in [0.717, 1.165) is 27.7 Å². The Morgan fingerprint density at radius 3 is 2.30 bits per heavy atom. The number of hydrogen-bond acceptors (Lipinski definition) is 2. The Bertz CT molecular complexity index is 1210. The molecule has 0 aliphatic carbocycles. The van der Waals surface area contributed by atoms with Crippen molar-refractivity contribution >= 4 is 26.6 Å². The molecule has 0 fully saturated rings. The molecule has 3 aromatic carbocycles. The Hall–Kier alpha value is -3.12. The normalized spacial score (nSPS) is 11.6. The minimum Gasteiger partial charge on any atom is -0.355 e. The van der Waals surface area contributed by atoms with Crippen LogP contribution in [0.15, 0.2) is 77.7 Å². The first-order valence-corrected chi connectivity index (χ1v) is 9.87. The zero-order chi connectivity index (χ0) is 19.0. The minimum absolute atomic E-state index is 0.217. The highest BCUT2D eigenvalue weighted by molar-refractivity contribution is 7.92. The number of aryl methyl sites for hydroxylation is 1. The average Bonchev–Trinajstić information content (AvgIpc) is 3.05. The number of aromatic nitrogens is 1. The molecule has 0 spiro atoms. The van der Waals surface area contributed by atoms with Gasteiger partial charge in [-0.3, -0.25) is 4.72 Å². The summed E-state index contributed by atoms with van der Waals surface area (Å²) in [6.07, 6.45) is 0. The quantitative estimate of drug-likeness (QED) is 0.518. The van der Waals surface area contributed by atoms with Crippen LogP contribution in [0, 0.1) is 12.7 Å². The number of aromatic amines is 1. The van der Waals surface area contributed by atoms with E-state index in [1.54, 1.807) is 42.5 Å². The molecule has 2 N–H and O–H groups in total. The smallest absolute Gasteiger partial charge is 0.261 e. The van der Waals surface area contributed by atoms with Crippen LogP contribution in [0.4, 0.5) is 10.1 Å². The van der Waals surface area contributed by atoms with Crippen molar-refractivity contribution in [1.82, 2.24) is 4.98 Å². The van der Waals surface area contributed by atoms with E-state index in [4.69, 9.17) is 0 Å². The summed E-state index contributed by atoms with van der Waals surface area (Å²) in [5.74, 6) is -0.283. The molecule has 6 heteroatoms. The highest BCUT2D eigenvalue weighted by Gasteiger charge is 2.14. The first kappa shape index (κ1) is 17.3. The fourth-order valence-electron chi connectivity index (χ4n) is 2.91. The zero-order valence-corrected chi connectivity index (χ0v) is 15.3. The SMILES string of the molecule is Cc1ccc(S(=O)(=O)Nc2ccc(-c3cc4cc(F)ccc4[nH]3)cc2)cc1. The van der Waals surface area contributed by atoms with Crippen LogP contribution in [0.25, 0.3) is 22.2 Å². The van der Waals surface area contributed by atoms with Crippen molar-refractivity contribution in [2.45, 2.75) is 11.8 Å². The molecule has 136 valence electrons. The van der Waals surface area contributed by atoms with Crippen LogP contribution in [0.5, 0.6) is 0 Å². The molecule has 0 bridgehead atoms. The van der Waals surface area contributed by atoms with Crippen molar-refractivity contribution in [3.8, 4) is 11.3 Å². The van der Waals surface area contributed by atoms with E-state index in [1.807, 2.05) is 25.1 Å². The highest BCUT2D eigenvalue weighted by atomic mass is 32.2. The van der Waals surface area contributed by atoms with Crippen molar-refractivity contribution in [3.05, 3.63) is 84.2 Å². The molecule has 4 aromatic rings. The van der Waals surface area contributed by atoms with Crippen LogP contribution in [-0.2, 0) is 10.0 Å². The first-order valence-electron chi connectivity index (χ1n) is 8.39. The molecule has 1 aromatic heterocycles. The predicted octanol–water partition coefficient (Wildman–Crippen LogP) is 5.08. The van der Waals surface area contributed by atoms with E-state index < -0.39 is 10.0 Å². The zero-order valence-electron chi connectivity index (χ0n) is 14.5. The van der Waals surface area contributed by atoms with Crippen molar-refractivity contribution in [1.29, 1.82) is 0 Å². The summed E-state index contributed by atoms with van der Waals surface area (Å²) in [5, 5.41) is 0.786. The number of fused-ring (bicyclic) bond motifs is 1. The predicted molar refractivity (Wildman–Crippen MR) is 106 cm³/mol. The third-order valence-electron chi connectivity index (χ3n) is 4.36. The van der Waals surface area contributed by atoms with Crippen LogP contribution >= 0.6 is 0 Å². The highest BCUT2D eigenvalue weighted by Crippen LogP contribution is 2.26. The number of anilines is 1. The van der Waals surface area contributed by atoms with Gasteiger partial charge in [0.05, 0.1) is 4.90 Å². The lowest BCUT2D eigenvalue weighted by molar-refractivity contribution is 0.601. The molecule has 0 saturated carbocycles. The number of sulfonamides is 1. The first-order chi connectivity index (χ1) is 12.9. The number of halogens is 1. The molecule has 0 amide bonds. The number of H-pyrrole nitrogens is 1. The van der Waals surface area contributed by atoms with Gasteiger partial charge in [-0.25, -0.2) is 12.8 Å². The molecule has 4 nitrogen and oxygen atoms in total. The van der Waals surface area contributed by atoms with E-state index in [2.05, 4.69) is 9.71 Å². The van der Waals surface area contributed by atoms with Gasteiger partial charge in [0.15, 0.2) is 0 Å². The summed E-state index contributed by atoms with van der Waals surface area (Å²) >= 11 is 0. The van der Waals surface area contributed by atoms with Crippen molar-refractivity contribution in [3.63, 3.8) is 0 Å². The fourth-order valence-corrected chi connectivity index (χ4v) is 3.97. The fraction of sp³-hybridized carbons (Fsp3) is 0.0476. The maximum Gasteiger partial charge on any atom is 0.261 e. The van der Waals surface area contributed by atoms with E-state index in [0.29, 0.717) is 5.69 Å². The van der Waals surface area contributed by atoms with Gasteiger partial charge in [-0.15, -0.1) is 0 Å². The Balaban J connectivity index is 1.58. The topological polar surface area (TPSA) is 62.0 Å². The van der Waals surface area contributed by atoms with Crippen LogP contribution in [-0.4, -0.2) is 13.4 Å². The van der Waals surface area contributed by atoms with E-state index in [9.17, 15) is 12.8 Å². The lowest BCUT2D eigenvalue weighted by atomic mass is 10.1.